The highest BCUT2D eigenvalue weighted by atomic mass is 32.2. The maximum atomic E-state index is 12.3. The van der Waals surface area contributed by atoms with Crippen LogP contribution in [0.3, 0.4) is 0 Å². The van der Waals surface area contributed by atoms with Crippen molar-refractivity contribution < 1.29 is 19.1 Å². The first-order chi connectivity index (χ1) is 14.0. The molecule has 2 N–H and O–H groups in total. The Kier molecular flexibility index (Phi) is 7.04. The molecule has 0 aliphatic heterocycles. The van der Waals surface area contributed by atoms with Crippen molar-refractivity contribution in [1.29, 1.82) is 0 Å². The van der Waals surface area contributed by atoms with E-state index in [2.05, 4.69) is 10.6 Å². The zero-order valence-corrected chi connectivity index (χ0v) is 17.1. The number of esters is 1. The number of hydrogen-bond acceptors (Lipinski definition) is 6. The molecule has 0 bridgehead atoms. The minimum atomic E-state index is -0.648. The van der Waals surface area contributed by atoms with E-state index in [0.29, 0.717) is 16.3 Å². The van der Waals surface area contributed by atoms with Crippen molar-refractivity contribution in [2.24, 2.45) is 0 Å². The molecule has 0 saturated carbocycles. The molecular formula is C21H18N2O4S2. The molecule has 6 nitrogen and oxygen atoms in total. The summed E-state index contributed by atoms with van der Waals surface area (Å²) >= 11 is 2.89. The van der Waals surface area contributed by atoms with Gasteiger partial charge in [-0.05, 0) is 54.1 Å². The van der Waals surface area contributed by atoms with Gasteiger partial charge in [0.05, 0.1) is 10.4 Å². The zero-order valence-electron chi connectivity index (χ0n) is 15.5. The second-order valence-electron chi connectivity index (χ2n) is 5.87. The van der Waals surface area contributed by atoms with E-state index in [1.54, 1.807) is 48.2 Å². The molecule has 0 saturated heterocycles. The minimum absolute atomic E-state index is 0.242. The molecule has 0 atom stereocenters. The number of amides is 2. The summed E-state index contributed by atoms with van der Waals surface area (Å²) in [4.78, 5) is 38.0. The summed E-state index contributed by atoms with van der Waals surface area (Å²) in [5, 5.41) is 7.23. The molecule has 0 radical (unpaired) electrons. The van der Waals surface area contributed by atoms with Gasteiger partial charge in [-0.2, -0.15) is 0 Å². The highest BCUT2D eigenvalue weighted by molar-refractivity contribution is 7.98. The molecule has 3 aromatic rings. The second kappa shape index (κ2) is 9.90. The molecule has 0 spiro atoms. The predicted octanol–water partition coefficient (Wildman–Crippen LogP) is 4.52. The summed E-state index contributed by atoms with van der Waals surface area (Å²) < 4.78 is 5.08. The van der Waals surface area contributed by atoms with E-state index in [1.807, 2.05) is 29.8 Å². The average Bonchev–Trinajstić information content (AvgIpc) is 3.27. The van der Waals surface area contributed by atoms with Gasteiger partial charge in [-0.3, -0.25) is 9.59 Å². The van der Waals surface area contributed by atoms with Gasteiger partial charge in [-0.1, -0.05) is 18.2 Å². The van der Waals surface area contributed by atoms with E-state index >= 15 is 0 Å². The largest absolute Gasteiger partial charge is 0.452 e. The summed E-state index contributed by atoms with van der Waals surface area (Å²) in [5.41, 5.74) is 1.35. The van der Waals surface area contributed by atoms with Crippen molar-refractivity contribution in [3.63, 3.8) is 0 Å². The summed E-state index contributed by atoms with van der Waals surface area (Å²) in [6, 6.07) is 17.2. The standard InChI is InChI=1S/C21H18N2O4S2/c1-28-17-8-3-7-16(12-17)22-19(24)13-27-21(26)14-5-2-6-15(11-14)23-20(25)18-9-4-10-29-18/h2-12H,13H2,1H3,(H,22,24)(H,23,25). The second-order valence-corrected chi connectivity index (χ2v) is 7.70. The average molecular weight is 427 g/mol. The molecule has 1 aromatic heterocycles. The van der Waals surface area contributed by atoms with Crippen LogP contribution in [0, 0.1) is 0 Å². The predicted molar refractivity (Wildman–Crippen MR) is 116 cm³/mol. The number of carbonyl (C=O) groups is 3. The number of rotatable bonds is 7. The van der Waals surface area contributed by atoms with E-state index in [0.717, 1.165) is 4.90 Å². The van der Waals surface area contributed by atoms with Crippen LogP contribution in [0.2, 0.25) is 0 Å². The maximum absolute atomic E-state index is 12.3. The van der Waals surface area contributed by atoms with Gasteiger partial charge in [0.25, 0.3) is 11.8 Å². The van der Waals surface area contributed by atoms with Crippen LogP contribution in [0.15, 0.2) is 70.9 Å². The van der Waals surface area contributed by atoms with Gasteiger partial charge in [-0.25, -0.2) is 4.79 Å². The topological polar surface area (TPSA) is 84.5 Å². The van der Waals surface area contributed by atoms with Crippen LogP contribution < -0.4 is 10.6 Å². The van der Waals surface area contributed by atoms with Crippen molar-refractivity contribution in [2.75, 3.05) is 23.5 Å². The van der Waals surface area contributed by atoms with E-state index in [4.69, 9.17) is 4.74 Å². The lowest BCUT2D eigenvalue weighted by Crippen LogP contribution is -2.21. The first-order valence-electron chi connectivity index (χ1n) is 8.61. The maximum Gasteiger partial charge on any atom is 0.338 e. The third kappa shape index (κ3) is 5.94. The minimum Gasteiger partial charge on any atom is -0.452 e. The lowest BCUT2D eigenvalue weighted by atomic mass is 10.2. The number of anilines is 2. The van der Waals surface area contributed by atoms with Crippen molar-refractivity contribution in [3.8, 4) is 0 Å². The number of thiophene rings is 1. The van der Waals surface area contributed by atoms with Crippen molar-refractivity contribution in [1.82, 2.24) is 0 Å². The third-order valence-electron chi connectivity index (χ3n) is 3.79. The summed E-state index contributed by atoms with van der Waals surface area (Å²) in [6.07, 6.45) is 1.94. The fourth-order valence-electron chi connectivity index (χ4n) is 2.44. The number of thioether (sulfide) groups is 1. The SMILES string of the molecule is CSc1cccc(NC(=O)COC(=O)c2cccc(NC(=O)c3cccs3)c2)c1. The molecule has 0 aliphatic rings. The number of nitrogens with one attached hydrogen (secondary N) is 2. The third-order valence-corrected chi connectivity index (χ3v) is 5.38. The van der Waals surface area contributed by atoms with Gasteiger partial charge < -0.3 is 15.4 Å². The molecule has 1 heterocycles. The first-order valence-corrected chi connectivity index (χ1v) is 10.7. The van der Waals surface area contributed by atoms with Gasteiger partial charge in [0.15, 0.2) is 6.61 Å². The van der Waals surface area contributed by atoms with Gasteiger partial charge in [0, 0.05) is 16.3 Å². The van der Waals surface area contributed by atoms with Crippen LogP contribution in [0.1, 0.15) is 20.0 Å². The van der Waals surface area contributed by atoms with Crippen molar-refractivity contribution in [2.45, 2.75) is 4.90 Å². The molecule has 2 aromatic carbocycles. The Morgan fingerprint density at radius 1 is 0.966 bits per heavy atom. The Morgan fingerprint density at radius 3 is 2.45 bits per heavy atom. The number of hydrogen-bond donors (Lipinski definition) is 2. The fraction of sp³-hybridized carbons (Fsp3) is 0.0952. The zero-order chi connectivity index (χ0) is 20.6. The Morgan fingerprint density at radius 2 is 1.72 bits per heavy atom. The quantitative estimate of drug-likeness (QED) is 0.429. The fourth-order valence-corrected chi connectivity index (χ4v) is 3.52. The molecule has 0 aliphatic carbocycles. The lowest BCUT2D eigenvalue weighted by Gasteiger charge is -2.09. The molecule has 29 heavy (non-hydrogen) atoms. The molecule has 3 rings (SSSR count). The Hall–Kier alpha value is -3.10. The molecule has 148 valence electrons. The van der Waals surface area contributed by atoms with Gasteiger partial charge in [0.2, 0.25) is 0 Å². The highest BCUT2D eigenvalue weighted by Gasteiger charge is 2.13. The molecule has 8 heteroatoms. The number of ether oxygens (including phenoxy) is 1. The van der Waals surface area contributed by atoms with Crippen LogP contribution in [0.4, 0.5) is 11.4 Å². The molecule has 2 amide bonds. The van der Waals surface area contributed by atoms with Crippen LogP contribution in [-0.4, -0.2) is 30.6 Å². The van der Waals surface area contributed by atoms with Gasteiger partial charge >= 0.3 is 5.97 Å². The van der Waals surface area contributed by atoms with E-state index in [1.165, 1.54) is 17.4 Å². The van der Waals surface area contributed by atoms with Crippen LogP contribution in [-0.2, 0) is 9.53 Å². The highest BCUT2D eigenvalue weighted by Crippen LogP contribution is 2.19. The van der Waals surface area contributed by atoms with E-state index in [-0.39, 0.29) is 11.5 Å². The Labute approximate surface area is 176 Å². The summed E-state index contributed by atoms with van der Waals surface area (Å²) in [6.45, 7) is -0.409. The Balaban J connectivity index is 1.55. The van der Waals surface area contributed by atoms with Crippen molar-refractivity contribution >= 4 is 52.3 Å². The lowest BCUT2D eigenvalue weighted by molar-refractivity contribution is -0.119. The van der Waals surface area contributed by atoms with Crippen LogP contribution in [0.5, 0.6) is 0 Å². The van der Waals surface area contributed by atoms with Gasteiger partial charge in [-0.15, -0.1) is 23.1 Å². The van der Waals surface area contributed by atoms with Crippen LogP contribution in [0.25, 0.3) is 0 Å². The summed E-state index contributed by atoms with van der Waals surface area (Å²) in [7, 11) is 0. The Bertz CT molecular complexity index is 1020. The van der Waals surface area contributed by atoms with Gasteiger partial charge in [0.1, 0.15) is 0 Å². The van der Waals surface area contributed by atoms with Crippen LogP contribution >= 0.6 is 23.1 Å². The smallest absolute Gasteiger partial charge is 0.338 e. The van der Waals surface area contributed by atoms with Crippen molar-refractivity contribution in [3.05, 3.63) is 76.5 Å². The number of benzene rings is 2. The van der Waals surface area contributed by atoms with E-state index < -0.39 is 18.5 Å². The first kappa shape index (κ1) is 20.6. The van der Waals surface area contributed by atoms with E-state index in [9.17, 15) is 14.4 Å². The number of carbonyl (C=O) groups excluding carboxylic acids is 3. The molecular weight excluding hydrogens is 408 g/mol. The summed E-state index contributed by atoms with van der Waals surface area (Å²) in [5.74, 6) is -1.33. The monoisotopic (exact) mass is 426 g/mol. The normalized spacial score (nSPS) is 10.2. The molecule has 0 fully saturated rings. The molecule has 0 unspecified atom stereocenters.